The lowest BCUT2D eigenvalue weighted by atomic mass is 10.2. The van der Waals surface area contributed by atoms with Gasteiger partial charge in [0, 0.05) is 6.04 Å². The Bertz CT molecular complexity index is 567. The van der Waals surface area contributed by atoms with Gasteiger partial charge in [0.05, 0.1) is 0 Å². The van der Waals surface area contributed by atoms with Gasteiger partial charge in [0.2, 0.25) is 5.88 Å². The van der Waals surface area contributed by atoms with Gasteiger partial charge in [0.25, 0.3) is 0 Å². The van der Waals surface area contributed by atoms with Gasteiger partial charge in [0.1, 0.15) is 17.8 Å². The average Bonchev–Trinajstić information content (AvgIpc) is 2.43. The molecule has 3 N–H and O–H groups in total. The minimum absolute atomic E-state index is 0.240. The van der Waals surface area contributed by atoms with E-state index in [2.05, 4.69) is 22.2 Å². The monoisotopic (exact) mass is 272 g/mol. The van der Waals surface area contributed by atoms with Crippen LogP contribution >= 0.6 is 0 Å². The number of anilines is 2. The number of nitrogens with one attached hydrogen (secondary N) is 1. The molecule has 0 saturated carbocycles. The highest BCUT2D eigenvalue weighted by Crippen LogP contribution is 2.29. The fourth-order valence-corrected chi connectivity index (χ4v) is 1.75. The maximum atomic E-state index is 6.02. The number of hydrogen-bond acceptors (Lipinski definition) is 5. The third kappa shape index (κ3) is 3.38. The normalized spacial score (nSPS) is 10.6. The summed E-state index contributed by atoms with van der Waals surface area (Å²) in [5.74, 6) is 1.67. The van der Waals surface area contributed by atoms with E-state index in [4.69, 9.17) is 10.5 Å². The molecule has 2 aromatic rings. The van der Waals surface area contributed by atoms with Crippen LogP contribution in [0.25, 0.3) is 0 Å². The number of nitrogens with zero attached hydrogens (tertiary/aromatic N) is 2. The van der Waals surface area contributed by atoms with Crippen LogP contribution in [-0.2, 0) is 6.42 Å². The predicted octanol–water partition coefficient (Wildman–Crippen LogP) is 3.23. The largest absolute Gasteiger partial charge is 0.437 e. The van der Waals surface area contributed by atoms with E-state index < -0.39 is 0 Å². The van der Waals surface area contributed by atoms with E-state index in [1.54, 1.807) is 0 Å². The number of benzene rings is 1. The summed E-state index contributed by atoms with van der Waals surface area (Å²) in [6.45, 7) is 6.15. The summed E-state index contributed by atoms with van der Waals surface area (Å²) >= 11 is 0. The first-order valence-corrected chi connectivity index (χ1v) is 6.74. The molecule has 1 heterocycles. The number of hydrogen-bond donors (Lipinski definition) is 2. The van der Waals surface area contributed by atoms with Crippen molar-refractivity contribution in [3.8, 4) is 11.6 Å². The van der Waals surface area contributed by atoms with Crippen LogP contribution in [0.2, 0.25) is 0 Å². The lowest BCUT2D eigenvalue weighted by Gasteiger charge is -2.13. The Morgan fingerprint density at radius 2 is 1.90 bits per heavy atom. The zero-order chi connectivity index (χ0) is 14.5. The van der Waals surface area contributed by atoms with Gasteiger partial charge in [-0.15, -0.1) is 0 Å². The molecule has 5 heteroatoms. The van der Waals surface area contributed by atoms with Gasteiger partial charge in [-0.1, -0.05) is 19.1 Å². The first kappa shape index (κ1) is 14.1. The van der Waals surface area contributed by atoms with Gasteiger partial charge in [-0.2, -0.15) is 4.98 Å². The van der Waals surface area contributed by atoms with E-state index in [1.165, 1.54) is 11.9 Å². The van der Waals surface area contributed by atoms with Gasteiger partial charge in [-0.25, -0.2) is 4.98 Å². The van der Waals surface area contributed by atoms with E-state index in [0.717, 1.165) is 6.42 Å². The topological polar surface area (TPSA) is 73.1 Å². The molecular weight excluding hydrogens is 252 g/mol. The van der Waals surface area contributed by atoms with E-state index in [-0.39, 0.29) is 6.04 Å². The van der Waals surface area contributed by atoms with E-state index in [0.29, 0.717) is 23.1 Å². The van der Waals surface area contributed by atoms with Crippen LogP contribution in [0.3, 0.4) is 0 Å². The molecule has 20 heavy (non-hydrogen) atoms. The summed E-state index contributed by atoms with van der Waals surface area (Å²) < 4.78 is 5.71. The van der Waals surface area contributed by atoms with E-state index >= 15 is 0 Å². The summed E-state index contributed by atoms with van der Waals surface area (Å²) in [6, 6.07) is 8.12. The van der Waals surface area contributed by atoms with Crippen molar-refractivity contribution in [3.63, 3.8) is 0 Å². The van der Waals surface area contributed by atoms with Crippen molar-refractivity contribution < 1.29 is 4.74 Å². The lowest BCUT2D eigenvalue weighted by Crippen LogP contribution is -2.13. The summed E-state index contributed by atoms with van der Waals surface area (Å²) in [5, 5.41) is 3.16. The smallest absolute Gasteiger partial charge is 0.248 e. The number of nitrogen functional groups attached to an aromatic ring is 1. The molecule has 0 aliphatic carbocycles. The van der Waals surface area contributed by atoms with Gasteiger partial charge < -0.3 is 15.8 Å². The van der Waals surface area contributed by atoms with Gasteiger partial charge in [-0.05, 0) is 38.0 Å². The van der Waals surface area contributed by atoms with Crippen molar-refractivity contribution in [1.29, 1.82) is 0 Å². The van der Waals surface area contributed by atoms with Crippen LogP contribution in [0.15, 0.2) is 30.6 Å². The Hall–Kier alpha value is -2.30. The van der Waals surface area contributed by atoms with Crippen LogP contribution in [-0.4, -0.2) is 16.0 Å². The van der Waals surface area contributed by atoms with Crippen LogP contribution < -0.4 is 15.8 Å². The second-order valence-electron chi connectivity index (χ2n) is 4.84. The van der Waals surface area contributed by atoms with Crippen molar-refractivity contribution in [1.82, 2.24) is 9.97 Å². The summed E-state index contributed by atoms with van der Waals surface area (Å²) in [5.41, 5.74) is 7.70. The van der Waals surface area contributed by atoms with Crippen molar-refractivity contribution >= 4 is 11.5 Å². The molecule has 0 fully saturated rings. The third-order valence-electron chi connectivity index (χ3n) is 2.82. The van der Waals surface area contributed by atoms with Crippen LogP contribution in [0.5, 0.6) is 11.6 Å². The van der Waals surface area contributed by atoms with Crippen molar-refractivity contribution in [2.75, 3.05) is 11.1 Å². The van der Waals surface area contributed by atoms with Crippen molar-refractivity contribution in [2.45, 2.75) is 33.2 Å². The highest BCUT2D eigenvalue weighted by atomic mass is 16.5. The molecule has 0 aliphatic heterocycles. The fourth-order valence-electron chi connectivity index (χ4n) is 1.75. The Morgan fingerprint density at radius 3 is 2.50 bits per heavy atom. The number of aryl methyl sites for hydroxylation is 1. The Morgan fingerprint density at radius 1 is 1.20 bits per heavy atom. The predicted molar refractivity (Wildman–Crippen MR) is 81.1 cm³/mol. The van der Waals surface area contributed by atoms with Crippen LogP contribution in [0, 0.1) is 0 Å². The standard InChI is InChI=1S/C15H20N4O/c1-4-11-5-7-12(8-6-11)20-15-13(16)14(17-9-18-15)19-10(2)3/h5-10H,4,16H2,1-3H3,(H,17,18,19). The molecule has 0 radical (unpaired) electrons. The molecule has 1 aromatic heterocycles. The maximum absolute atomic E-state index is 6.02. The minimum atomic E-state index is 0.240. The second kappa shape index (κ2) is 6.23. The van der Waals surface area contributed by atoms with Crippen LogP contribution in [0.4, 0.5) is 11.5 Å². The number of ether oxygens (including phenoxy) is 1. The zero-order valence-corrected chi connectivity index (χ0v) is 12.1. The van der Waals surface area contributed by atoms with Crippen LogP contribution in [0.1, 0.15) is 26.3 Å². The maximum Gasteiger partial charge on any atom is 0.248 e. The van der Waals surface area contributed by atoms with E-state index in [1.807, 2.05) is 38.1 Å². The number of nitrogens with two attached hydrogens (primary N) is 1. The summed E-state index contributed by atoms with van der Waals surface area (Å²) in [7, 11) is 0. The first-order chi connectivity index (χ1) is 9.60. The fraction of sp³-hybridized carbons (Fsp3) is 0.333. The quantitative estimate of drug-likeness (QED) is 0.874. The Kier molecular flexibility index (Phi) is 4.40. The molecule has 106 valence electrons. The Balaban J connectivity index is 2.20. The summed E-state index contributed by atoms with van der Waals surface area (Å²) in [4.78, 5) is 8.21. The highest BCUT2D eigenvalue weighted by molar-refractivity contribution is 5.67. The first-order valence-electron chi connectivity index (χ1n) is 6.74. The molecule has 0 saturated heterocycles. The SMILES string of the molecule is CCc1ccc(Oc2ncnc(NC(C)C)c2N)cc1. The number of rotatable bonds is 5. The lowest BCUT2D eigenvalue weighted by molar-refractivity contribution is 0.464. The average molecular weight is 272 g/mol. The highest BCUT2D eigenvalue weighted by Gasteiger charge is 2.10. The molecule has 1 aromatic carbocycles. The molecule has 0 unspecified atom stereocenters. The Labute approximate surface area is 119 Å². The molecule has 5 nitrogen and oxygen atoms in total. The molecule has 2 rings (SSSR count). The molecule has 0 amide bonds. The summed E-state index contributed by atoms with van der Waals surface area (Å²) in [6.07, 6.45) is 2.44. The molecule has 0 aliphatic rings. The van der Waals surface area contributed by atoms with Gasteiger partial charge in [0.15, 0.2) is 5.82 Å². The van der Waals surface area contributed by atoms with Gasteiger partial charge in [-0.3, -0.25) is 0 Å². The molecule has 0 bridgehead atoms. The third-order valence-corrected chi connectivity index (χ3v) is 2.82. The molecule has 0 spiro atoms. The number of aromatic nitrogens is 2. The minimum Gasteiger partial charge on any atom is -0.437 e. The van der Waals surface area contributed by atoms with Gasteiger partial charge >= 0.3 is 0 Å². The van der Waals surface area contributed by atoms with Crippen molar-refractivity contribution in [2.24, 2.45) is 0 Å². The van der Waals surface area contributed by atoms with Crippen molar-refractivity contribution in [3.05, 3.63) is 36.2 Å². The second-order valence-corrected chi connectivity index (χ2v) is 4.84. The molecular formula is C15H20N4O. The zero-order valence-electron chi connectivity index (χ0n) is 12.1. The van der Waals surface area contributed by atoms with E-state index in [9.17, 15) is 0 Å². The molecule has 0 atom stereocenters.